The smallest absolute Gasteiger partial charge is 0.192 e. The first-order chi connectivity index (χ1) is 9.08. The number of halogens is 1. The predicted octanol–water partition coefficient (Wildman–Crippen LogP) is 6.51. The van der Waals surface area contributed by atoms with Crippen LogP contribution in [-0.2, 0) is 3.07 Å². The molecule has 19 heavy (non-hydrogen) atoms. The summed E-state index contributed by atoms with van der Waals surface area (Å²) in [6.45, 7) is 14.3. The summed E-state index contributed by atoms with van der Waals surface area (Å²) < 4.78 is 5.33. The van der Waals surface area contributed by atoms with Crippen LogP contribution in [0.5, 0.6) is 0 Å². The van der Waals surface area contributed by atoms with E-state index >= 15 is 0 Å². The van der Waals surface area contributed by atoms with Crippen molar-refractivity contribution in [3.05, 3.63) is 35.6 Å². The second kappa shape index (κ2) is 7.51. The van der Waals surface area contributed by atoms with Gasteiger partial charge in [0.15, 0.2) is 23.0 Å². The largest absolute Gasteiger partial charge is 0.428 e. The fourth-order valence-electron chi connectivity index (χ4n) is 3.40. The van der Waals surface area contributed by atoms with Crippen LogP contribution in [0.4, 0.5) is 0 Å². The van der Waals surface area contributed by atoms with Gasteiger partial charge in [0.2, 0.25) is 0 Å². The number of hydrogen-bond acceptors (Lipinski definition) is 1. The highest BCUT2D eigenvalue weighted by Gasteiger charge is 2.40. The Kier molecular flexibility index (Phi) is 6.64. The summed E-state index contributed by atoms with van der Waals surface area (Å²) in [4.78, 5) is 0. The van der Waals surface area contributed by atoms with Gasteiger partial charge in [-0.25, -0.2) is 0 Å². The molecule has 2 rings (SSSR count). The van der Waals surface area contributed by atoms with Crippen molar-refractivity contribution >= 4 is 23.0 Å². The zero-order chi connectivity index (χ0) is 14.5. The molecule has 0 amide bonds. The Morgan fingerprint density at radius 3 is 2.05 bits per heavy atom. The van der Waals surface area contributed by atoms with Gasteiger partial charge in [-0.1, -0.05) is 51.8 Å². The van der Waals surface area contributed by atoms with Gasteiger partial charge < -0.3 is 3.07 Å². The summed E-state index contributed by atoms with van der Waals surface area (Å²) in [5.74, 6) is 0.839. The van der Waals surface area contributed by atoms with Crippen LogP contribution in [0, 0.1) is 5.41 Å². The van der Waals surface area contributed by atoms with Gasteiger partial charge in [0.05, 0.1) is 0 Å². The van der Waals surface area contributed by atoms with Crippen molar-refractivity contribution in [2.45, 2.75) is 65.7 Å². The van der Waals surface area contributed by atoms with Crippen molar-refractivity contribution in [2.24, 2.45) is 5.41 Å². The molecule has 1 saturated carbocycles. The van der Waals surface area contributed by atoms with Crippen molar-refractivity contribution in [3.8, 4) is 0 Å². The predicted molar refractivity (Wildman–Crippen MR) is 92.2 cm³/mol. The van der Waals surface area contributed by atoms with Gasteiger partial charge in [0.25, 0.3) is 0 Å². The zero-order valence-electron chi connectivity index (χ0n) is 12.7. The van der Waals surface area contributed by atoms with Crippen LogP contribution in [0.3, 0.4) is 0 Å². The minimum absolute atomic E-state index is 0.500. The fraction of sp³-hybridized carbons (Fsp3) is 0.647. The van der Waals surface area contributed by atoms with E-state index in [9.17, 15) is 0 Å². The van der Waals surface area contributed by atoms with E-state index in [0.717, 1.165) is 12.2 Å². The third-order valence-corrected chi connectivity index (χ3v) is 4.86. The Bertz CT molecular complexity index is 373. The van der Waals surface area contributed by atoms with E-state index in [0.29, 0.717) is 5.41 Å². The van der Waals surface area contributed by atoms with E-state index in [2.05, 4.69) is 20.1 Å². The third-order valence-electron chi connectivity index (χ3n) is 4.33. The molecule has 0 saturated heterocycles. The van der Waals surface area contributed by atoms with Crippen LogP contribution < -0.4 is 0 Å². The van der Waals surface area contributed by atoms with E-state index in [1.165, 1.54) is 55.2 Å². The van der Waals surface area contributed by atoms with E-state index in [1.807, 2.05) is 36.9 Å². The topological polar surface area (TPSA) is 9.23 Å². The fourth-order valence-corrected chi connectivity index (χ4v) is 3.67. The SMILES string of the molecule is C=C(C)C1=C(C(=C)OI)CC2(CCCCC2)C1.CC. The molecule has 0 N–H and O–H groups in total. The average Bonchev–Trinajstić information content (AvgIpc) is 2.80. The maximum atomic E-state index is 5.33. The van der Waals surface area contributed by atoms with Crippen molar-refractivity contribution < 1.29 is 3.07 Å². The summed E-state index contributed by atoms with van der Waals surface area (Å²) in [6.07, 6.45) is 9.24. The standard InChI is InChI=1S/C15H21IO.C2H6/c1-11(2)13-9-15(7-5-4-6-8-15)10-14(13)12(3)17-16;1-2/h1,3-10H2,2H3;1-2H3. The summed E-state index contributed by atoms with van der Waals surface area (Å²) in [6, 6.07) is 0. The minimum Gasteiger partial charge on any atom is -0.428 e. The molecular formula is C17H27IO. The van der Waals surface area contributed by atoms with Gasteiger partial charge in [0.1, 0.15) is 5.76 Å². The molecule has 0 bridgehead atoms. The molecule has 0 heterocycles. The first-order valence-electron chi connectivity index (χ1n) is 7.44. The Labute approximate surface area is 132 Å². The maximum Gasteiger partial charge on any atom is 0.192 e. The molecule has 0 aromatic rings. The Balaban J connectivity index is 0.000000861. The molecule has 2 heteroatoms. The molecule has 0 unspecified atom stereocenters. The van der Waals surface area contributed by atoms with E-state index in [4.69, 9.17) is 3.07 Å². The summed E-state index contributed by atoms with van der Waals surface area (Å²) in [7, 11) is 0. The van der Waals surface area contributed by atoms with E-state index in [1.54, 1.807) is 0 Å². The van der Waals surface area contributed by atoms with Crippen molar-refractivity contribution in [1.82, 2.24) is 0 Å². The second-order valence-electron chi connectivity index (χ2n) is 5.65. The normalized spacial score (nSPS) is 20.8. The molecule has 0 aromatic carbocycles. The van der Waals surface area contributed by atoms with Crippen LogP contribution in [-0.4, -0.2) is 0 Å². The molecule has 108 valence electrons. The maximum absolute atomic E-state index is 5.33. The highest BCUT2D eigenvalue weighted by molar-refractivity contribution is 14.1. The van der Waals surface area contributed by atoms with Crippen LogP contribution in [0.2, 0.25) is 0 Å². The van der Waals surface area contributed by atoms with Gasteiger partial charge in [-0.3, -0.25) is 0 Å². The Morgan fingerprint density at radius 2 is 1.58 bits per heavy atom. The summed E-state index contributed by atoms with van der Waals surface area (Å²) in [5.41, 5.74) is 4.43. The monoisotopic (exact) mass is 374 g/mol. The molecule has 0 atom stereocenters. The lowest BCUT2D eigenvalue weighted by Gasteiger charge is -2.34. The molecule has 0 radical (unpaired) electrons. The lowest BCUT2D eigenvalue weighted by Crippen LogP contribution is -2.21. The molecule has 2 aliphatic carbocycles. The summed E-state index contributed by atoms with van der Waals surface area (Å²) in [5, 5.41) is 0. The van der Waals surface area contributed by atoms with Gasteiger partial charge in [0, 0.05) is 0 Å². The van der Waals surface area contributed by atoms with Crippen LogP contribution in [0.15, 0.2) is 35.6 Å². The van der Waals surface area contributed by atoms with Gasteiger partial charge >= 0.3 is 0 Å². The lowest BCUT2D eigenvalue weighted by atomic mass is 9.71. The van der Waals surface area contributed by atoms with Crippen LogP contribution in [0.1, 0.15) is 65.7 Å². The molecule has 0 aliphatic heterocycles. The Hall–Kier alpha value is -0.250. The molecule has 1 nitrogen and oxygen atoms in total. The molecule has 0 aromatic heterocycles. The quantitative estimate of drug-likeness (QED) is 0.404. The zero-order valence-corrected chi connectivity index (χ0v) is 14.8. The minimum atomic E-state index is 0.500. The average molecular weight is 374 g/mol. The molecular weight excluding hydrogens is 347 g/mol. The van der Waals surface area contributed by atoms with Crippen LogP contribution in [0.25, 0.3) is 0 Å². The third kappa shape index (κ3) is 3.87. The first-order valence-corrected chi connectivity index (χ1v) is 8.32. The highest BCUT2D eigenvalue weighted by atomic mass is 127. The van der Waals surface area contributed by atoms with Gasteiger partial charge in [-0.15, -0.1) is 0 Å². The van der Waals surface area contributed by atoms with Gasteiger partial charge in [-0.2, -0.15) is 0 Å². The van der Waals surface area contributed by atoms with E-state index in [-0.39, 0.29) is 0 Å². The molecule has 1 fully saturated rings. The highest BCUT2D eigenvalue weighted by Crippen LogP contribution is 2.54. The second-order valence-corrected chi connectivity index (χ2v) is 6.09. The van der Waals surface area contributed by atoms with Gasteiger partial charge in [-0.05, 0) is 49.2 Å². The van der Waals surface area contributed by atoms with Crippen molar-refractivity contribution in [2.75, 3.05) is 0 Å². The molecule has 2 aliphatic rings. The first kappa shape index (κ1) is 16.8. The van der Waals surface area contributed by atoms with E-state index < -0.39 is 0 Å². The lowest BCUT2D eigenvalue weighted by molar-refractivity contribution is 0.201. The molecule has 1 spiro atoms. The summed E-state index contributed by atoms with van der Waals surface area (Å²) >= 11 is 1.93. The van der Waals surface area contributed by atoms with Crippen LogP contribution >= 0.6 is 23.0 Å². The number of rotatable bonds is 3. The Morgan fingerprint density at radius 1 is 1.05 bits per heavy atom. The number of allylic oxidation sites excluding steroid dienone is 3. The van der Waals surface area contributed by atoms with Crippen molar-refractivity contribution in [3.63, 3.8) is 0 Å². The number of hydrogen-bond donors (Lipinski definition) is 0. The van der Waals surface area contributed by atoms with Crippen molar-refractivity contribution in [1.29, 1.82) is 0 Å².